The van der Waals surface area contributed by atoms with Crippen LogP contribution in [-0.2, 0) is 6.54 Å². The number of nitriles is 1. The Hall–Kier alpha value is -2.87. The van der Waals surface area contributed by atoms with Crippen LogP contribution in [0.3, 0.4) is 0 Å². The lowest BCUT2D eigenvalue weighted by Gasteiger charge is -2.12. The fourth-order valence-corrected chi connectivity index (χ4v) is 2.89. The predicted octanol–water partition coefficient (Wildman–Crippen LogP) is 5.60. The normalized spacial score (nSPS) is 10.3. The van der Waals surface area contributed by atoms with Gasteiger partial charge in [-0.3, -0.25) is 4.79 Å². The molecule has 0 spiro atoms. The zero-order chi connectivity index (χ0) is 19.4. The molecular formula is C21H13Cl2FN2O. The molecule has 0 atom stereocenters. The first kappa shape index (κ1) is 18.9. The maximum Gasteiger partial charge on any atom is 0.252 e. The lowest BCUT2D eigenvalue weighted by molar-refractivity contribution is 0.0951. The van der Waals surface area contributed by atoms with Gasteiger partial charge in [-0.1, -0.05) is 41.4 Å². The Bertz CT molecular complexity index is 1040. The van der Waals surface area contributed by atoms with Crippen molar-refractivity contribution in [1.29, 1.82) is 5.26 Å². The van der Waals surface area contributed by atoms with Crippen molar-refractivity contribution < 1.29 is 9.18 Å². The fraction of sp³-hybridized carbons (Fsp3) is 0.0476. The zero-order valence-corrected chi connectivity index (χ0v) is 15.5. The van der Waals surface area contributed by atoms with Gasteiger partial charge in [0, 0.05) is 12.1 Å². The highest BCUT2D eigenvalue weighted by Gasteiger charge is 2.15. The van der Waals surface area contributed by atoms with E-state index in [1.807, 2.05) is 6.07 Å². The van der Waals surface area contributed by atoms with Crippen LogP contribution in [-0.4, -0.2) is 5.91 Å². The van der Waals surface area contributed by atoms with Gasteiger partial charge in [0.05, 0.1) is 21.7 Å². The standard InChI is InChI=1S/C21H13Cl2FN2O/c22-19-8-5-15(9-20(19)23)18-10-16(24)6-7-17(18)21(27)26-12-14-3-1-13(11-25)2-4-14/h1-10H,12H2,(H,26,27). The van der Waals surface area contributed by atoms with Crippen molar-refractivity contribution in [3.8, 4) is 17.2 Å². The average Bonchev–Trinajstić information content (AvgIpc) is 2.68. The maximum absolute atomic E-state index is 13.8. The second-order valence-electron chi connectivity index (χ2n) is 5.81. The molecule has 134 valence electrons. The van der Waals surface area contributed by atoms with Crippen molar-refractivity contribution in [2.24, 2.45) is 0 Å². The van der Waals surface area contributed by atoms with Crippen LogP contribution in [0, 0.1) is 17.1 Å². The summed E-state index contributed by atoms with van der Waals surface area (Å²) in [5.41, 5.74) is 2.73. The van der Waals surface area contributed by atoms with Gasteiger partial charge < -0.3 is 5.32 Å². The maximum atomic E-state index is 13.8. The Labute approximate surface area is 166 Å². The van der Waals surface area contributed by atoms with Crippen molar-refractivity contribution in [1.82, 2.24) is 5.32 Å². The first-order valence-corrected chi connectivity index (χ1v) is 8.76. The highest BCUT2D eigenvalue weighted by Crippen LogP contribution is 2.31. The minimum Gasteiger partial charge on any atom is -0.348 e. The van der Waals surface area contributed by atoms with Crippen molar-refractivity contribution in [2.75, 3.05) is 0 Å². The summed E-state index contributed by atoms with van der Waals surface area (Å²) in [6, 6.07) is 17.8. The molecule has 1 amide bonds. The van der Waals surface area contributed by atoms with E-state index < -0.39 is 5.82 Å². The summed E-state index contributed by atoms with van der Waals surface area (Å²) in [6.45, 7) is 0.280. The highest BCUT2D eigenvalue weighted by molar-refractivity contribution is 6.42. The first-order valence-electron chi connectivity index (χ1n) is 8.00. The molecule has 0 bridgehead atoms. The molecule has 0 aromatic heterocycles. The lowest BCUT2D eigenvalue weighted by atomic mass is 9.99. The summed E-state index contributed by atoms with van der Waals surface area (Å²) >= 11 is 12.0. The molecule has 3 nitrogen and oxygen atoms in total. The highest BCUT2D eigenvalue weighted by atomic mass is 35.5. The van der Waals surface area contributed by atoms with E-state index in [-0.39, 0.29) is 12.5 Å². The van der Waals surface area contributed by atoms with Gasteiger partial charge in [-0.25, -0.2) is 4.39 Å². The topological polar surface area (TPSA) is 52.9 Å². The molecular weight excluding hydrogens is 386 g/mol. The van der Waals surface area contributed by atoms with Gasteiger partial charge >= 0.3 is 0 Å². The van der Waals surface area contributed by atoms with Crippen molar-refractivity contribution in [2.45, 2.75) is 6.54 Å². The molecule has 3 aromatic rings. The van der Waals surface area contributed by atoms with Crippen molar-refractivity contribution in [3.63, 3.8) is 0 Å². The molecule has 0 radical (unpaired) electrons. The van der Waals surface area contributed by atoms with Gasteiger partial charge in [0.25, 0.3) is 5.91 Å². The fourth-order valence-electron chi connectivity index (χ4n) is 2.59. The van der Waals surface area contributed by atoms with Crippen molar-refractivity contribution in [3.05, 3.63) is 93.2 Å². The molecule has 0 aliphatic rings. The number of halogens is 3. The van der Waals surface area contributed by atoms with Crippen LogP contribution < -0.4 is 5.32 Å². The molecule has 0 heterocycles. The molecule has 0 aliphatic heterocycles. The van der Waals surface area contributed by atoms with Crippen LogP contribution in [0.15, 0.2) is 60.7 Å². The van der Waals surface area contributed by atoms with E-state index in [9.17, 15) is 9.18 Å². The third-order valence-corrected chi connectivity index (χ3v) is 4.73. The van der Waals surface area contributed by atoms with E-state index in [1.165, 1.54) is 18.2 Å². The number of carbonyl (C=O) groups is 1. The third-order valence-electron chi connectivity index (χ3n) is 3.99. The van der Waals surface area contributed by atoms with Crippen molar-refractivity contribution >= 4 is 29.1 Å². The van der Waals surface area contributed by atoms with Gasteiger partial charge in [0.2, 0.25) is 0 Å². The Kier molecular flexibility index (Phi) is 5.75. The molecule has 0 aliphatic carbocycles. The summed E-state index contributed by atoms with van der Waals surface area (Å²) in [4.78, 5) is 12.7. The quantitative estimate of drug-likeness (QED) is 0.621. The van der Waals surface area contributed by atoms with E-state index in [0.717, 1.165) is 5.56 Å². The van der Waals surface area contributed by atoms with Crippen LogP contribution in [0.1, 0.15) is 21.5 Å². The van der Waals surface area contributed by atoms with E-state index >= 15 is 0 Å². The second-order valence-corrected chi connectivity index (χ2v) is 6.62. The largest absolute Gasteiger partial charge is 0.348 e. The minimum absolute atomic E-state index is 0.280. The molecule has 0 saturated heterocycles. The van der Waals surface area contributed by atoms with Gasteiger partial charge in [-0.05, 0) is 59.2 Å². The van der Waals surface area contributed by atoms with E-state index in [4.69, 9.17) is 28.5 Å². The van der Waals surface area contributed by atoms with Gasteiger partial charge in [0.15, 0.2) is 0 Å². The smallest absolute Gasteiger partial charge is 0.252 e. The zero-order valence-electron chi connectivity index (χ0n) is 14.0. The van der Waals surface area contributed by atoms with Crippen LogP contribution in [0.5, 0.6) is 0 Å². The van der Waals surface area contributed by atoms with Crippen LogP contribution in [0.4, 0.5) is 4.39 Å². The Balaban J connectivity index is 1.85. The average molecular weight is 399 g/mol. The SMILES string of the molecule is N#Cc1ccc(CNC(=O)c2ccc(F)cc2-c2ccc(Cl)c(Cl)c2)cc1. The number of carbonyl (C=O) groups excluding carboxylic acids is 1. The first-order chi connectivity index (χ1) is 13.0. The van der Waals surface area contributed by atoms with Gasteiger partial charge in [-0.2, -0.15) is 5.26 Å². The number of amides is 1. The molecule has 3 rings (SSSR count). The van der Waals surface area contributed by atoms with E-state index in [1.54, 1.807) is 42.5 Å². The predicted molar refractivity (Wildman–Crippen MR) is 104 cm³/mol. The molecule has 0 fully saturated rings. The number of benzene rings is 3. The Morgan fingerprint density at radius 1 is 1.00 bits per heavy atom. The number of rotatable bonds is 4. The number of hydrogen-bond acceptors (Lipinski definition) is 2. The Morgan fingerprint density at radius 2 is 1.74 bits per heavy atom. The molecule has 1 N–H and O–H groups in total. The number of hydrogen-bond donors (Lipinski definition) is 1. The summed E-state index contributed by atoms with van der Waals surface area (Å²) in [6.07, 6.45) is 0. The second kappa shape index (κ2) is 8.22. The van der Waals surface area contributed by atoms with E-state index in [2.05, 4.69) is 5.32 Å². The molecule has 0 saturated carbocycles. The van der Waals surface area contributed by atoms with Gasteiger partial charge in [0.1, 0.15) is 5.82 Å². The van der Waals surface area contributed by atoms with E-state index in [0.29, 0.717) is 32.3 Å². The summed E-state index contributed by atoms with van der Waals surface area (Å²) in [5, 5.41) is 12.3. The summed E-state index contributed by atoms with van der Waals surface area (Å²) in [7, 11) is 0. The molecule has 0 unspecified atom stereocenters. The lowest BCUT2D eigenvalue weighted by Crippen LogP contribution is -2.23. The van der Waals surface area contributed by atoms with Gasteiger partial charge in [-0.15, -0.1) is 0 Å². The third kappa shape index (κ3) is 4.46. The monoisotopic (exact) mass is 398 g/mol. The Morgan fingerprint density at radius 3 is 2.41 bits per heavy atom. The molecule has 27 heavy (non-hydrogen) atoms. The van der Waals surface area contributed by atoms with Crippen LogP contribution >= 0.6 is 23.2 Å². The number of nitrogens with one attached hydrogen (secondary N) is 1. The summed E-state index contributed by atoms with van der Waals surface area (Å²) < 4.78 is 13.8. The van der Waals surface area contributed by atoms with Crippen LogP contribution in [0.25, 0.3) is 11.1 Å². The number of nitrogens with zero attached hydrogens (tertiary/aromatic N) is 1. The molecule has 3 aromatic carbocycles. The summed E-state index contributed by atoms with van der Waals surface area (Å²) in [5.74, 6) is -0.805. The molecule has 6 heteroatoms. The van der Waals surface area contributed by atoms with Crippen LogP contribution in [0.2, 0.25) is 10.0 Å². The minimum atomic E-state index is -0.459.